The number of hydrogen-bond donors (Lipinski definition) is 1. The van der Waals surface area contributed by atoms with E-state index in [1.165, 1.54) is 154 Å². The van der Waals surface area contributed by atoms with Gasteiger partial charge in [0, 0.05) is 0 Å². The van der Waals surface area contributed by atoms with E-state index in [0.29, 0.717) is 32.1 Å². The highest BCUT2D eigenvalue weighted by Gasteiger charge is 2.50. The molecule has 332 valence electrons. The molecule has 0 saturated carbocycles. The Balaban J connectivity index is 1.74. The molecule has 6 heteroatoms. The summed E-state index contributed by atoms with van der Waals surface area (Å²) in [6.07, 6.45) is 45.5. The molecule has 0 heterocycles. The first-order valence-electron chi connectivity index (χ1n) is 24.2. The van der Waals surface area contributed by atoms with E-state index < -0.39 is 8.32 Å². The summed E-state index contributed by atoms with van der Waals surface area (Å²) in [5.74, 6) is 0.639. The molecule has 0 aliphatic carbocycles. The molecule has 2 aromatic rings. The van der Waals surface area contributed by atoms with Crippen molar-refractivity contribution in [3.8, 4) is 0 Å². The van der Waals surface area contributed by atoms with Gasteiger partial charge in [-0.25, -0.2) is 0 Å². The Kier molecular flexibility index (Phi) is 31.6. The molecule has 0 aromatic heterocycles. The van der Waals surface area contributed by atoms with Gasteiger partial charge in [-0.2, -0.15) is 0 Å². The van der Waals surface area contributed by atoms with E-state index in [1.807, 2.05) is 0 Å². The second-order valence-corrected chi connectivity index (χ2v) is 21.7. The van der Waals surface area contributed by atoms with Crippen molar-refractivity contribution in [2.45, 2.75) is 205 Å². The van der Waals surface area contributed by atoms with Crippen LogP contribution in [0.25, 0.3) is 0 Å². The minimum Gasteiger partial charge on any atom is -0.468 e. The third kappa shape index (κ3) is 24.8. The lowest BCUT2D eigenvalue weighted by Crippen LogP contribution is -2.65. The molecule has 0 bridgehead atoms. The monoisotopic (exact) mass is 831 g/mol. The predicted molar refractivity (Wildman–Crippen MR) is 254 cm³/mol. The van der Waals surface area contributed by atoms with E-state index in [1.54, 1.807) is 0 Å². The van der Waals surface area contributed by atoms with Crippen LogP contribution in [0.4, 0.5) is 0 Å². The van der Waals surface area contributed by atoms with Crippen LogP contribution in [0.2, 0.25) is 5.04 Å². The van der Waals surface area contributed by atoms with Gasteiger partial charge in [-0.3, -0.25) is 9.59 Å². The van der Waals surface area contributed by atoms with Gasteiger partial charge in [0.25, 0.3) is 21.3 Å². The lowest BCUT2D eigenvalue weighted by atomic mass is 9.87. The molecule has 0 fully saturated rings. The Hall–Kier alpha value is -2.96. The van der Waals surface area contributed by atoms with Crippen molar-refractivity contribution in [3.63, 3.8) is 0 Å². The predicted octanol–water partition coefficient (Wildman–Crippen LogP) is 13.9. The maximum Gasteiger partial charge on any atom is 0.293 e. The average molecular weight is 831 g/mol. The standard InChI is InChI=1S/C53H86O5Si/c1-53(2,59(56,51-41-33-29-34-42-51)52-43-35-30-36-44-52)47-50(39-31-25-21-17-13-9-5-3-7-11-15-19-23-27-37-45-57-48-54)40-32-26-22-18-14-10-6-4-8-12-16-20-24-28-38-46-58-49-55/h3-4,7-8,29-30,33-36,41-44,48-50,56H,5-6,9-28,31-32,37-40,45-47H2,1-2H3/b7-3-,8-4-. The van der Waals surface area contributed by atoms with Crippen molar-refractivity contribution < 1.29 is 23.9 Å². The zero-order chi connectivity index (χ0) is 42.4. The van der Waals surface area contributed by atoms with Gasteiger partial charge >= 0.3 is 0 Å². The summed E-state index contributed by atoms with van der Waals surface area (Å²) in [5.41, 5.74) is 0. The number of carbonyl (C=O) groups excluding carboxylic acids is 2. The van der Waals surface area contributed by atoms with Gasteiger partial charge < -0.3 is 14.3 Å². The Labute approximate surface area is 363 Å². The van der Waals surface area contributed by atoms with Crippen LogP contribution in [0.15, 0.2) is 85.0 Å². The number of hydrogen-bond acceptors (Lipinski definition) is 5. The first-order chi connectivity index (χ1) is 29.0. The Morgan fingerprint density at radius 3 is 1.12 bits per heavy atom. The Morgan fingerprint density at radius 2 is 0.780 bits per heavy atom. The van der Waals surface area contributed by atoms with E-state index in [0.717, 1.165) is 42.5 Å². The minimum atomic E-state index is -3.02. The first-order valence-corrected chi connectivity index (χ1v) is 26.1. The summed E-state index contributed by atoms with van der Waals surface area (Å²) in [4.78, 5) is 33.3. The van der Waals surface area contributed by atoms with Crippen LogP contribution >= 0.6 is 0 Å². The highest BCUT2D eigenvalue weighted by Crippen LogP contribution is 2.44. The molecule has 0 aliphatic heterocycles. The fourth-order valence-corrected chi connectivity index (χ4v) is 12.7. The van der Waals surface area contributed by atoms with E-state index in [2.05, 4.69) is 98.8 Å². The van der Waals surface area contributed by atoms with Gasteiger partial charge in [0.1, 0.15) is 0 Å². The molecule has 0 unspecified atom stereocenters. The van der Waals surface area contributed by atoms with E-state index in [4.69, 9.17) is 9.47 Å². The fraction of sp³-hybridized carbons (Fsp3) is 0.660. The highest BCUT2D eigenvalue weighted by atomic mass is 28.4. The normalized spacial score (nSPS) is 12.2. The topological polar surface area (TPSA) is 72.8 Å². The number of rotatable bonds is 41. The largest absolute Gasteiger partial charge is 0.468 e. The van der Waals surface area contributed by atoms with Crippen molar-refractivity contribution in [1.29, 1.82) is 0 Å². The van der Waals surface area contributed by atoms with Gasteiger partial charge in [0.15, 0.2) is 0 Å². The maximum atomic E-state index is 12.9. The molecular formula is C53H86O5Si. The van der Waals surface area contributed by atoms with Crippen LogP contribution < -0.4 is 10.4 Å². The molecule has 0 amide bonds. The number of benzene rings is 2. The summed E-state index contributed by atoms with van der Waals surface area (Å²) in [7, 11) is -3.02. The average Bonchev–Trinajstić information content (AvgIpc) is 3.25. The number of ether oxygens (including phenoxy) is 2. The molecule has 2 rings (SSSR count). The van der Waals surface area contributed by atoms with Crippen LogP contribution in [-0.4, -0.2) is 39.3 Å². The van der Waals surface area contributed by atoms with Gasteiger partial charge in [0.2, 0.25) is 0 Å². The van der Waals surface area contributed by atoms with E-state index in [-0.39, 0.29) is 5.04 Å². The summed E-state index contributed by atoms with van der Waals surface area (Å²) < 4.78 is 9.51. The fourth-order valence-electron chi connectivity index (χ4n) is 8.85. The van der Waals surface area contributed by atoms with Gasteiger partial charge in [-0.1, -0.05) is 214 Å². The lowest BCUT2D eigenvalue weighted by Gasteiger charge is -2.43. The molecule has 1 N–H and O–H groups in total. The van der Waals surface area contributed by atoms with E-state index in [9.17, 15) is 14.4 Å². The smallest absolute Gasteiger partial charge is 0.293 e. The molecule has 0 radical (unpaired) electrons. The lowest BCUT2D eigenvalue weighted by molar-refractivity contribution is -0.129. The number of allylic oxidation sites excluding steroid dienone is 4. The van der Waals surface area contributed by atoms with Crippen molar-refractivity contribution in [1.82, 2.24) is 0 Å². The maximum absolute atomic E-state index is 12.9. The molecule has 0 saturated heterocycles. The summed E-state index contributed by atoms with van der Waals surface area (Å²) in [5, 5.41) is 2.06. The van der Waals surface area contributed by atoms with Crippen molar-refractivity contribution >= 4 is 31.6 Å². The van der Waals surface area contributed by atoms with Crippen LogP contribution in [0, 0.1) is 5.92 Å². The molecule has 0 aliphatic rings. The zero-order valence-corrected chi connectivity index (χ0v) is 38.8. The summed E-state index contributed by atoms with van der Waals surface area (Å²) in [6.45, 7) is 6.94. The number of carbonyl (C=O) groups is 2. The molecular weight excluding hydrogens is 745 g/mol. The van der Waals surface area contributed by atoms with Crippen LogP contribution in [-0.2, 0) is 19.1 Å². The van der Waals surface area contributed by atoms with Crippen LogP contribution in [0.3, 0.4) is 0 Å². The highest BCUT2D eigenvalue weighted by molar-refractivity contribution is 6.98. The molecule has 5 nitrogen and oxygen atoms in total. The van der Waals surface area contributed by atoms with Gasteiger partial charge in [-0.05, 0) is 92.0 Å². The second-order valence-electron chi connectivity index (χ2n) is 17.8. The van der Waals surface area contributed by atoms with Crippen molar-refractivity contribution in [3.05, 3.63) is 85.0 Å². The molecule has 59 heavy (non-hydrogen) atoms. The Morgan fingerprint density at radius 1 is 0.475 bits per heavy atom. The summed E-state index contributed by atoms with van der Waals surface area (Å²) >= 11 is 0. The summed E-state index contributed by atoms with van der Waals surface area (Å²) in [6, 6.07) is 21.2. The number of unbranched alkanes of at least 4 members (excludes halogenated alkanes) is 22. The van der Waals surface area contributed by atoms with Crippen molar-refractivity contribution in [2.24, 2.45) is 5.92 Å². The van der Waals surface area contributed by atoms with Gasteiger partial charge in [0.05, 0.1) is 13.2 Å². The first kappa shape index (κ1) is 52.2. The van der Waals surface area contributed by atoms with Crippen molar-refractivity contribution in [2.75, 3.05) is 13.2 Å². The van der Waals surface area contributed by atoms with Gasteiger partial charge in [-0.15, -0.1) is 0 Å². The minimum absolute atomic E-state index is 0.193. The molecule has 0 atom stereocenters. The third-order valence-electron chi connectivity index (χ3n) is 12.4. The quantitative estimate of drug-likeness (QED) is 0.0313. The Bertz CT molecular complexity index is 1220. The molecule has 2 aromatic carbocycles. The second kappa shape index (κ2) is 35.8. The molecule has 0 spiro atoms. The SMILES string of the molecule is CC(C)(CC(CCCCCCCC/C=C\CCCCCCCOC=O)CCCCCCCC/C=C\CCCCCCCOC=O)[Si](O)(c1ccccc1)c1ccccc1. The third-order valence-corrected chi connectivity index (χ3v) is 16.9. The zero-order valence-electron chi connectivity index (χ0n) is 37.8. The van der Waals surface area contributed by atoms with Crippen LogP contribution in [0.5, 0.6) is 0 Å². The van der Waals surface area contributed by atoms with E-state index >= 15 is 0 Å². The van der Waals surface area contributed by atoms with Crippen LogP contribution in [0.1, 0.15) is 200 Å².